The van der Waals surface area contributed by atoms with Gasteiger partial charge in [-0.25, -0.2) is 0 Å². The van der Waals surface area contributed by atoms with E-state index < -0.39 is 4.92 Å². The molecule has 128 valence electrons. The zero-order valence-electron chi connectivity index (χ0n) is 13.7. The van der Waals surface area contributed by atoms with Gasteiger partial charge in [0.15, 0.2) is 5.78 Å². The molecule has 0 atom stereocenters. The van der Waals surface area contributed by atoms with Gasteiger partial charge in [-0.05, 0) is 48.0 Å². The molecular weight excluding hydrogens is 330 g/mol. The number of benzene rings is 3. The minimum Gasteiger partial charge on any atom is -0.457 e. The fraction of sp³-hybridized carbons (Fsp3) is 0. The molecule has 3 rings (SSSR count). The van der Waals surface area contributed by atoms with E-state index in [2.05, 4.69) is 0 Å². The summed E-state index contributed by atoms with van der Waals surface area (Å²) in [7, 11) is 0. The molecule has 5 nitrogen and oxygen atoms in total. The Labute approximate surface area is 150 Å². The lowest BCUT2D eigenvalue weighted by atomic mass is 10.1. The Balaban J connectivity index is 1.65. The third-order valence-electron chi connectivity index (χ3n) is 3.65. The summed E-state index contributed by atoms with van der Waals surface area (Å²) >= 11 is 0. The largest absolute Gasteiger partial charge is 0.457 e. The first-order valence-corrected chi connectivity index (χ1v) is 7.92. The van der Waals surface area contributed by atoms with Crippen LogP contribution in [0.15, 0.2) is 84.9 Å². The van der Waals surface area contributed by atoms with Gasteiger partial charge in [-0.3, -0.25) is 14.9 Å². The third kappa shape index (κ3) is 4.42. The van der Waals surface area contributed by atoms with Crippen molar-refractivity contribution in [2.24, 2.45) is 0 Å². The van der Waals surface area contributed by atoms with Crippen LogP contribution in [0, 0.1) is 10.1 Å². The van der Waals surface area contributed by atoms with Crippen molar-refractivity contribution in [3.05, 3.63) is 106 Å². The minimum atomic E-state index is -0.465. The Morgan fingerprint density at radius 1 is 0.846 bits per heavy atom. The number of carbonyl (C=O) groups is 1. The molecule has 0 fully saturated rings. The number of hydrogen-bond donors (Lipinski definition) is 0. The van der Waals surface area contributed by atoms with Crippen LogP contribution in [0.25, 0.3) is 6.08 Å². The summed E-state index contributed by atoms with van der Waals surface area (Å²) in [6.45, 7) is 0. The number of nitrogens with zero attached hydrogens (tertiary/aromatic N) is 1. The van der Waals surface area contributed by atoms with Crippen molar-refractivity contribution in [2.45, 2.75) is 0 Å². The molecule has 0 amide bonds. The van der Waals surface area contributed by atoms with Crippen molar-refractivity contribution < 1.29 is 14.5 Å². The molecule has 0 radical (unpaired) electrons. The van der Waals surface area contributed by atoms with Crippen LogP contribution in [0.5, 0.6) is 11.5 Å². The smallest absolute Gasteiger partial charge is 0.269 e. The zero-order chi connectivity index (χ0) is 18.4. The summed E-state index contributed by atoms with van der Waals surface area (Å²) in [5, 5.41) is 10.6. The average molecular weight is 345 g/mol. The first-order chi connectivity index (χ1) is 12.6. The number of allylic oxidation sites excluding steroid dienone is 1. The second kappa shape index (κ2) is 7.90. The minimum absolute atomic E-state index is 0.00324. The summed E-state index contributed by atoms with van der Waals surface area (Å²) in [6, 6.07) is 22.1. The number of nitro groups is 1. The predicted molar refractivity (Wildman–Crippen MR) is 99.4 cm³/mol. The lowest BCUT2D eigenvalue weighted by Gasteiger charge is -2.05. The van der Waals surface area contributed by atoms with Gasteiger partial charge < -0.3 is 4.74 Å². The Morgan fingerprint density at radius 2 is 1.42 bits per heavy atom. The van der Waals surface area contributed by atoms with E-state index in [-0.39, 0.29) is 11.5 Å². The lowest BCUT2D eigenvalue weighted by molar-refractivity contribution is -0.384. The molecule has 0 saturated heterocycles. The van der Waals surface area contributed by atoms with Gasteiger partial charge in [0.1, 0.15) is 11.5 Å². The van der Waals surface area contributed by atoms with Gasteiger partial charge in [-0.2, -0.15) is 0 Å². The maximum absolute atomic E-state index is 12.2. The number of ketones is 1. The third-order valence-corrected chi connectivity index (χ3v) is 3.65. The van der Waals surface area contributed by atoms with Gasteiger partial charge in [0.2, 0.25) is 0 Å². The van der Waals surface area contributed by atoms with E-state index >= 15 is 0 Å². The van der Waals surface area contributed by atoms with E-state index in [4.69, 9.17) is 4.74 Å². The van der Waals surface area contributed by atoms with Crippen molar-refractivity contribution >= 4 is 17.5 Å². The maximum Gasteiger partial charge on any atom is 0.269 e. The topological polar surface area (TPSA) is 69.4 Å². The molecule has 0 spiro atoms. The molecule has 26 heavy (non-hydrogen) atoms. The number of rotatable bonds is 6. The molecule has 0 saturated carbocycles. The summed E-state index contributed by atoms with van der Waals surface area (Å²) in [4.78, 5) is 22.4. The SMILES string of the molecule is O=C(/C=C/c1ccccc1)c1ccc(Oc2ccc([N+](=O)[O-])cc2)cc1. The second-order valence-electron chi connectivity index (χ2n) is 5.49. The standard InChI is InChI=1S/C21H15NO4/c23-21(15-6-16-4-2-1-3-5-16)17-7-11-19(12-8-17)26-20-13-9-18(10-14-20)22(24)25/h1-15H/b15-6+. The summed E-state index contributed by atoms with van der Waals surface area (Å²) in [5.41, 5.74) is 1.51. The zero-order valence-corrected chi connectivity index (χ0v) is 13.7. The second-order valence-corrected chi connectivity index (χ2v) is 5.49. The molecule has 0 unspecified atom stereocenters. The number of carbonyl (C=O) groups excluding carboxylic acids is 1. The number of non-ortho nitro benzene ring substituents is 1. The van der Waals surface area contributed by atoms with E-state index in [1.807, 2.05) is 30.3 Å². The number of nitro benzene ring substituents is 1. The van der Waals surface area contributed by atoms with Crippen LogP contribution >= 0.6 is 0 Å². The van der Waals surface area contributed by atoms with Crippen LogP contribution in [-0.2, 0) is 0 Å². The highest BCUT2D eigenvalue weighted by Crippen LogP contribution is 2.24. The van der Waals surface area contributed by atoms with Crippen LogP contribution in [0.2, 0.25) is 0 Å². The van der Waals surface area contributed by atoms with Crippen LogP contribution in [0.4, 0.5) is 5.69 Å². The fourth-order valence-corrected chi connectivity index (χ4v) is 2.29. The van der Waals surface area contributed by atoms with Crippen LogP contribution in [0.1, 0.15) is 15.9 Å². The summed E-state index contributed by atoms with van der Waals surface area (Å²) in [5.74, 6) is 0.928. The molecule has 0 aliphatic carbocycles. The van der Waals surface area contributed by atoms with Gasteiger partial charge in [0.25, 0.3) is 5.69 Å². The first-order valence-electron chi connectivity index (χ1n) is 7.92. The van der Waals surface area contributed by atoms with E-state index in [1.54, 1.807) is 30.3 Å². The highest BCUT2D eigenvalue weighted by molar-refractivity contribution is 6.06. The van der Waals surface area contributed by atoms with Gasteiger partial charge in [0, 0.05) is 17.7 Å². The van der Waals surface area contributed by atoms with Gasteiger partial charge in [0.05, 0.1) is 4.92 Å². The normalized spacial score (nSPS) is 10.6. The van der Waals surface area contributed by atoms with Crippen LogP contribution in [-0.4, -0.2) is 10.7 Å². The molecule has 0 aliphatic rings. The van der Waals surface area contributed by atoms with E-state index in [1.165, 1.54) is 30.3 Å². The van der Waals surface area contributed by atoms with Gasteiger partial charge >= 0.3 is 0 Å². The molecule has 5 heteroatoms. The molecule has 0 aliphatic heterocycles. The van der Waals surface area contributed by atoms with E-state index in [9.17, 15) is 14.9 Å². The van der Waals surface area contributed by atoms with Crippen molar-refractivity contribution in [1.29, 1.82) is 0 Å². The van der Waals surface area contributed by atoms with Crippen molar-refractivity contribution in [1.82, 2.24) is 0 Å². The van der Waals surface area contributed by atoms with E-state index in [0.29, 0.717) is 17.1 Å². The fourth-order valence-electron chi connectivity index (χ4n) is 2.29. The Morgan fingerprint density at radius 3 is 2.00 bits per heavy atom. The summed E-state index contributed by atoms with van der Waals surface area (Å²) < 4.78 is 5.63. The van der Waals surface area contributed by atoms with Gasteiger partial charge in [-0.1, -0.05) is 36.4 Å². The molecule has 0 bridgehead atoms. The number of hydrogen-bond acceptors (Lipinski definition) is 4. The lowest BCUT2D eigenvalue weighted by Crippen LogP contribution is -1.94. The quantitative estimate of drug-likeness (QED) is 0.264. The first kappa shape index (κ1) is 17.1. The van der Waals surface area contributed by atoms with Crippen molar-refractivity contribution in [2.75, 3.05) is 0 Å². The molecule has 0 N–H and O–H groups in total. The average Bonchev–Trinajstić information content (AvgIpc) is 2.68. The molecule has 0 heterocycles. The molecule has 3 aromatic carbocycles. The Hall–Kier alpha value is -3.73. The maximum atomic E-state index is 12.2. The Bertz CT molecular complexity index is 930. The molecule has 3 aromatic rings. The van der Waals surface area contributed by atoms with Crippen molar-refractivity contribution in [3.63, 3.8) is 0 Å². The predicted octanol–water partition coefficient (Wildman–Crippen LogP) is 5.28. The highest BCUT2D eigenvalue weighted by Gasteiger charge is 2.06. The monoisotopic (exact) mass is 345 g/mol. The van der Waals surface area contributed by atoms with E-state index in [0.717, 1.165) is 5.56 Å². The highest BCUT2D eigenvalue weighted by atomic mass is 16.6. The molecule has 0 aromatic heterocycles. The summed E-state index contributed by atoms with van der Waals surface area (Å²) in [6.07, 6.45) is 3.30. The van der Waals surface area contributed by atoms with Crippen LogP contribution < -0.4 is 4.74 Å². The van der Waals surface area contributed by atoms with Crippen molar-refractivity contribution in [3.8, 4) is 11.5 Å². The molecular formula is C21H15NO4. The number of ether oxygens (including phenoxy) is 1. The van der Waals surface area contributed by atoms with Crippen LogP contribution in [0.3, 0.4) is 0 Å². The van der Waals surface area contributed by atoms with Gasteiger partial charge in [-0.15, -0.1) is 0 Å². The Kier molecular flexibility index (Phi) is 5.19.